The summed E-state index contributed by atoms with van der Waals surface area (Å²) >= 11 is 1.53. The molecule has 8 nitrogen and oxygen atoms in total. The molecule has 0 atom stereocenters. The van der Waals surface area contributed by atoms with Crippen molar-refractivity contribution in [2.24, 2.45) is 0 Å². The molecule has 1 amide bonds. The number of benzene rings is 1. The van der Waals surface area contributed by atoms with Crippen LogP contribution in [-0.4, -0.2) is 33.0 Å². The second-order valence-corrected chi connectivity index (χ2v) is 8.05. The molecule has 0 aliphatic carbocycles. The number of carbonyl (C=O) groups is 1. The number of nitrogens with one attached hydrogen (secondary N) is 1. The molecular weight excluding hydrogens is 418 g/mol. The zero-order chi connectivity index (χ0) is 22.1. The Hall–Kier alpha value is -3.59. The number of phenols is 2. The number of rotatable bonds is 6. The fourth-order valence-corrected chi connectivity index (χ4v) is 3.93. The lowest BCUT2D eigenvalue weighted by Gasteiger charge is -2.11. The largest absolute Gasteiger partial charge is 0.508 e. The van der Waals surface area contributed by atoms with Crippen molar-refractivity contribution in [3.05, 3.63) is 46.3 Å². The minimum absolute atomic E-state index is 0.0101. The van der Waals surface area contributed by atoms with Gasteiger partial charge in [0, 0.05) is 29.6 Å². The number of amides is 1. The van der Waals surface area contributed by atoms with Gasteiger partial charge in [0.1, 0.15) is 22.8 Å². The average molecular weight is 439 g/mol. The fourth-order valence-electron chi connectivity index (χ4n) is 3.28. The Morgan fingerprint density at radius 1 is 1.16 bits per heavy atom. The number of aromatic hydroxyl groups is 2. The predicted octanol–water partition coefficient (Wildman–Crippen LogP) is 5.01. The smallest absolute Gasteiger partial charge is 0.274 e. The zero-order valence-corrected chi connectivity index (χ0v) is 18.0. The predicted molar refractivity (Wildman–Crippen MR) is 116 cm³/mol. The lowest BCUT2D eigenvalue weighted by Crippen LogP contribution is -2.23. The Labute approximate surface area is 182 Å². The summed E-state index contributed by atoms with van der Waals surface area (Å²) in [6.07, 6.45) is 0. The monoisotopic (exact) mass is 439 g/mol. The highest BCUT2D eigenvalue weighted by Gasteiger charge is 2.29. The van der Waals surface area contributed by atoms with Crippen molar-refractivity contribution in [2.45, 2.75) is 26.7 Å². The van der Waals surface area contributed by atoms with Crippen molar-refractivity contribution in [1.82, 2.24) is 15.6 Å². The van der Waals surface area contributed by atoms with E-state index in [1.54, 1.807) is 19.1 Å². The first-order valence-electron chi connectivity index (χ1n) is 9.74. The Balaban J connectivity index is 1.91. The minimum atomic E-state index is -0.441. The van der Waals surface area contributed by atoms with E-state index in [0.717, 1.165) is 5.56 Å². The topological polar surface area (TPSA) is 122 Å². The fraction of sp³-hybridized carbons (Fsp3) is 0.227. The van der Waals surface area contributed by atoms with E-state index < -0.39 is 5.91 Å². The van der Waals surface area contributed by atoms with Gasteiger partial charge >= 0.3 is 0 Å². The van der Waals surface area contributed by atoms with Gasteiger partial charge in [-0.05, 0) is 35.9 Å². The van der Waals surface area contributed by atoms with E-state index in [1.165, 1.54) is 17.4 Å². The third kappa shape index (κ3) is 3.79. The van der Waals surface area contributed by atoms with Gasteiger partial charge in [-0.2, -0.15) is 11.3 Å². The molecule has 0 saturated carbocycles. The van der Waals surface area contributed by atoms with E-state index in [-0.39, 0.29) is 45.8 Å². The molecule has 0 saturated heterocycles. The molecule has 0 aliphatic heterocycles. The molecule has 0 fully saturated rings. The molecular formula is C22H21N3O5S. The van der Waals surface area contributed by atoms with Crippen molar-refractivity contribution >= 4 is 17.2 Å². The normalized spacial score (nSPS) is 11.2. The molecule has 0 bridgehead atoms. The van der Waals surface area contributed by atoms with E-state index in [0.29, 0.717) is 17.8 Å². The molecule has 1 aromatic carbocycles. The summed E-state index contributed by atoms with van der Waals surface area (Å²) in [5, 5.41) is 35.3. The molecule has 0 spiro atoms. The number of phenolic OH excluding ortho intramolecular Hbond substituents is 2. The summed E-state index contributed by atoms with van der Waals surface area (Å²) < 4.78 is 11.1. The molecule has 4 aromatic rings. The summed E-state index contributed by atoms with van der Waals surface area (Å²) in [5.41, 5.74) is 2.67. The van der Waals surface area contributed by atoms with Gasteiger partial charge in [0.2, 0.25) is 0 Å². The van der Waals surface area contributed by atoms with Gasteiger partial charge in [-0.3, -0.25) is 4.79 Å². The van der Waals surface area contributed by atoms with E-state index in [2.05, 4.69) is 15.6 Å². The number of nitrogens with zero attached hydrogens (tertiary/aromatic N) is 2. The molecule has 9 heteroatoms. The zero-order valence-electron chi connectivity index (χ0n) is 17.2. The molecule has 31 heavy (non-hydrogen) atoms. The Morgan fingerprint density at radius 2 is 1.97 bits per heavy atom. The van der Waals surface area contributed by atoms with Crippen molar-refractivity contribution < 1.29 is 24.1 Å². The van der Waals surface area contributed by atoms with Crippen molar-refractivity contribution in [2.75, 3.05) is 6.54 Å². The van der Waals surface area contributed by atoms with Crippen LogP contribution < -0.4 is 5.32 Å². The van der Waals surface area contributed by atoms with E-state index in [9.17, 15) is 15.0 Å². The Bertz CT molecular complexity index is 1220. The number of carbonyl (C=O) groups excluding carboxylic acids is 1. The van der Waals surface area contributed by atoms with Crippen LogP contribution in [0.2, 0.25) is 0 Å². The number of hydrogen-bond donors (Lipinski definition) is 3. The maximum absolute atomic E-state index is 12.6. The average Bonchev–Trinajstić information content (AvgIpc) is 3.47. The molecule has 4 rings (SSSR count). The highest BCUT2D eigenvalue weighted by atomic mass is 32.1. The summed E-state index contributed by atoms with van der Waals surface area (Å²) in [6.45, 7) is 6.03. The van der Waals surface area contributed by atoms with Gasteiger partial charge in [-0.15, -0.1) is 0 Å². The second kappa shape index (κ2) is 8.27. The number of thiophene rings is 1. The standard InChI is InChI=1S/C22H21N3O5S/c1-4-23-22(28)20-19(18-8-15(24-29-18)12-5-6-31-10-12)21(30-25-20)14-7-13(11(2)3)16(26)9-17(14)27/h5-11,26-27H,4H2,1-3H3,(H,23,28). The van der Waals surface area contributed by atoms with Crippen LogP contribution in [0.4, 0.5) is 0 Å². The molecule has 0 unspecified atom stereocenters. The Kier molecular flexibility index (Phi) is 5.51. The molecule has 0 radical (unpaired) electrons. The third-order valence-corrected chi connectivity index (χ3v) is 5.51. The highest BCUT2D eigenvalue weighted by Crippen LogP contribution is 2.43. The van der Waals surface area contributed by atoms with Gasteiger partial charge in [-0.1, -0.05) is 24.2 Å². The summed E-state index contributed by atoms with van der Waals surface area (Å²) in [7, 11) is 0. The minimum Gasteiger partial charge on any atom is -0.508 e. The van der Waals surface area contributed by atoms with Crippen LogP contribution in [-0.2, 0) is 0 Å². The van der Waals surface area contributed by atoms with Crippen LogP contribution in [0.3, 0.4) is 0 Å². The van der Waals surface area contributed by atoms with Crippen LogP contribution >= 0.6 is 11.3 Å². The molecule has 3 N–H and O–H groups in total. The van der Waals surface area contributed by atoms with Crippen molar-refractivity contribution in [3.63, 3.8) is 0 Å². The maximum atomic E-state index is 12.6. The first kappa shape index (κ1) is 20.7. The molecule has 3 aromatic heterocycles. The van der Waals surface area contributed by atoms with Crippen molar-refractivity contribution in [3.8, 4) is 45.4 Å². The summed E-state index contributed by atoms with van der Waals surface area (Å²) in [5.74, 6) is -0.265. The van der Waals surface area contributed by atoms with Gasteiger partial charge < -0.3 is 24.6 Å². The third-order valence-electron chi connectivity index (χ3n) is 4.83. The first-order chi connectivity index (χ1) is 14.9. The van der Waals surface area contributed by atoms with E-state index in [4.69, 9.17) is 9.05 Å². The molecule has 0 aliphatic rings. The van der Waals surface area contributed by atoms with E-state index >= 15 is 0 Å². The van der Waals surface area contributed by atoms with Gasteiger partial charge in [0.05, 0.1) is 5.56 Å². The SMILES string of the molecule is CCNC(=O)c1noc(-c2cc(C(C)C)c(O)cc2O)c1-c1cc(-c2ccsc2)no1. The highest BCUT2D eigenvalue weighted by molar-refractivity contribution is 7.08. The van der Waals surface area contributed by atoms with Crippen LogP contribution in [0, 0.1) is 0 Å². The van der Waals surface area contributed by atoms with E-state index in [1.807, 2.05) is 30.7 Å². The van der Waals surface area contributed by atoms with Gasteiger partial charge in [0.25, 0.3) is 5.91 Å². The van der Waals surface area contributed by atoms with Crippen LogP contribution in [0.5, 0.6) is 11.5 Å². The summed E-state index contributed by atoms with van der Waals surface area (Å²) in [4.78, 5) is 12.6. The van der Waals surface area contributed by atoms with Crippen LogP contribution in [0.25, 0.3) is 33.9 Å². The quantitative estimate of drug-likeness (QED) is 0.386. The lowest BCUT2D eigenvalue weighted by molar-refractivity contribution is 0.0947. The lowest BCUT2D eigenvalue weighted by atomic mass is 9.95. The summed E-state index contributed by atoms with van der Waals surface area (Å²) in [6, 6.07) is 6.48. The number of aromatic nitrogens is 2. The van der Waals surface area contributed by atoms with Crippen molar-refractivity contribution in [1.29, 1.82) is 0 Å². The van der Waals surface area contributed by atoms with Gasteiger partial charge in [-0.25, -0.2) is 0 Å². The second-order valence-electron chi connectivity index (χ2n) is 7.27. The maximum Gasteiger partial charge on any atom is 0.274 e. The van der Waals surface area contributed by atoms with Gasteiger partial charge in [0.15, 0.2) is 17.2 Å². The first-order valence-corrected chi connectivity index (χ1v) is 10.7. The molecule has 3 heterocycles. The van der Waals surface area contributed by atoms with Crippen LogP contribution in [0.1, 0.15) is 42.7 Å². The Morgan fingerprint density at radius 3 is 2.65 bits per heavy atom. The molecule has 160 valence electrons. The number of hydrogen-bond acceptors (Lipinski definition) is 8. The van der Waals surface area contributed by atoms with Crippen LogP contribution in [0.15, 0.2) is 44.1 Å².